The molecule has 0 bridgehead atoms. The summed E-state index contributed by atoms with van der Waals surface area (Å²) in [6.45, 7) is 1.99. The highest BCUT2D eigenvalue weighted by atomic mass is 16.4. The number of hydrogen-bond donors (Lipinski definition) is 0. The van der Waals surface area contributed by atoms with E-state index in [1.807, 2.05) is 49.4 Å². The van der Waals surface area contributed by atoms with Gasteiger partial charge in [-0.15, -0.1) is 10.2 Å². The Balaban J connectivity index is 2.04. The Morgan fingerprint density at radius 3 is 2.20 bits per heavy atom. The van der Waals surface area contributed by atoms with E-state index < -0.39 is 5.63 Å². The van der Waals surface area contributed by atoms with Gasteiger partial charge in [-0.2, -0.15) is 0 Å². The van der Waals surface area contributed by atoms with Crippen molar-refractivity contribution in [3.05, 3.63) is 70.6 Å². The van der Waals surface area contributed by atoms with Crippen molar-refractivity contribution >= 4 is 0 Å². The maximum Gasteiger partial charge on any atom is 0.366 e. The minimum absolute atomic E-state index is 0.224. The quantitative estimate of drug-likeness (QED) is 0.713. The topological polar surface area (TPSA) is 56.0 Å². The van der Waals surface area contributed by atoms with Crippen LogP contribution in [0.1, 0.15) is 5.56 Å². The second-order valence-electron chi connectivity index (χ2n) is 4.48. The Morgan fingerprint density at radius 2 is 1.55 bits per heavy atom. The third-order valence-electron chi connectivity index (χ3n) is 2.97. The molecule has 0 N–H and O–H groups in total. The summed E-state index contributed by atoms with van der Waals surface area (Å²) in [6.07, 6.45) is 0. The van der Waals surface area contributed by atoms with E-state index in [-0.39, 0.29) is 11.6 Å². The number of benzene rings is 2. The monoisotopic (exact) mass is 264 g/mol. The molecular formula is C16H12N2O2. The molecule has 20 heavy (non-hydrogen) atoms. The fourth-order valence-corrected chi connectivity index (χ4v) is 1.88. The lowest BCUT2D eigenvalue weighted by Gasteiger charge is -2.01. The van der Waals surface area contributed by atoms with Gasteiger partial charge in [0, 0.05) is 11.1 Å². The van der Waals surface area contributed by atoms with Crippen LogP contribution in [-0.4, -0.2) is 10.2 Å². The van der Waals surface area contributed by atoms with Crippen molar-refractivity contribution in [2.45, 2.75) is 6.92 Å². The van der Waals surface area contributed by atoms with Crippen LogP contribution in [0.2, 0.25) is 0 Å². The third kappa shape index (κ3) is 2.36. The van der Waals surface area contributed by atoms with Gasteiger partial charge in [-0.05, 0) is 19.1 Å². The fourth-order valence-electron chi connectivity index (χ4n) is 1.88. The fraction of sp³-hybridized carbons (Fsp3) is 0.0625. The van der Waals surface area contributed by atoms with Crippen molar-refractivity contribution in [3.8, 4) is 22.7 Å². The lowest BCUT2D eigenvalue weighted by Crippen LogP contribution is -2.08. The van der Waals surface area contributed by atoms with Crippen LogP contribution >= 0.6 is 0 Å². The van der Waals surface area contributed by atoms with Crippen LogP contribution < -0.4 is 5.63 Å². The summed E-state index contributed by atoms with van der Waals surface area (Å²) in [4.78, 5) is 12.0. The summed E-state index contributed by atoms with van der Waals surface area (Å²) in [5.41, 5.74) is 2.30. The van der Waals surface area contributed by atoms with Gasteiger partial charge in [-0.3, -0.25) is 0 Å². The molecule has 0 aliphatic carbocycles. The average molecular weight is 264 g/mol. The summed E-state index contributed by atoms with van der Waals surface area (Å²) >= 11 is 0. The first kappa shape index (κ1) is 12.3. The van der Waals surface area contributed by atoms with E-state index in [9.17, 15) is 4.79 Å². The van der Waals surface area contributed by atoms with E-state index in [2.05, 4.69) is 10.2 Å². The lowest BCUT2D eigenvalue weighted by molar-refractivity contribution is 0.494. The predicted octanol–water partition coefficient (Wildman–Crippen LogP) is 3.07. The van der Waals surface area contributed by atoms with Crippen LogP contribution in [0.3, 0.4) is 0 Å². The summed E-state index contributed by atoms with van der Waals surface area (Å²) < 4.78 is 5.26. The first-order chi connectivity index (χ1) is 9.74. The van der Waals surface area contributed by atoms with Crippen LogP contribution in [0.4, 0.5) is 0 Å². The second-order valence-corrected chi connectivity index (χ2v) is 4.48. The Bertz CT molecular complexity index is 778. The van der Waals surface area contributed by atoms with Crippen molar-refractivity contribution in [3.63, 3.8) is 0 Å². The molecule has 98 valence electrons. The Kier molecular flexibility index (Phi) is 3.13. The van der Waals surface area contributed by atoms with E-state index in [1.54, 1.807) is 12.1 Å². The molecule has 0 unspecified atom stereocenters. The van der Waals surface area contributed by atoms with Gasteiger partial charge in [0.2, 0.25) is 5.89 Å². The molecule has 0 aliphatic heterocycles. The molecule has 1 aromatic heterocycles. The molecule has 0 radical (unpaired) electrons. The van der Waals surface area contributed by atoms with Gasteiger partial charge in [0.15, 0.2) is 5.69 Å². The molecule has 3 rings (SSSR count). The summed E-state index contributed by atoms with van der Waals surface area (Å²) in [5, 5.41) is 7.99. The molecule has 0 atom stereocenters. The van der Waals surface area contributed by atoms with E-state index >= 15 is 0 Å². The maximum atomic E-state index is 12.0. The minimum atomic E-state index is -0.484. The summed E-state index contributed by atoms with van der Waals surface area (Å²) in [6, 6.07) is 16.7. The van der Waals surface area contributed by atoms with Crippen molar-refractivity contribution in [2.24, 2.45) is 0 Å². The zero-order valence-electron chi connectivity index (χ0n) is 10.9. The minimum Gasteiger partial charge on any atom is -0.400 e. The Hall–Kier alpha value is -2.75. The first-order valence-corrected chi connectivity index (χ1v) is 6.24. The largest absolute Gasteiger partial charge is 0.400 e. The maximum absolute atomic E-state index is 12.0. The van der Waals surface area contributed by atoms with E-state index in [1.165, 1.54) is 0 Å². The molecule has 0 fully saturated rings. The molecule has 4 nitrogen and oxygen atoms in total. The van der Waals surface area contributed by atoms with Gasteiger partial charge < -0.3 is 4.42 Å². The zero-order chi connectivity index (χ0) is 13.9. The summed E-state index contributed by atoms with van der Waals surface area (Å²) in [7, 11) is 0. The Labute approximate surface area is 115 Å². The molecule has 2 aromatic carbocycles. The third-order valence-corrected chi connectivity index (χ3v) is 2.97. The van der Waals surface area contributed by atoms with Gasteiger partial charge in [0.05, 0.1) is 0 Å². The van der Waals surface area contributed by atoms with E-state index in [0.717, 1.165) is 11.1 Å². The van der Waals surface area contributed by atoms with Gasteiger partial charge in [-0.25, -0.2) is 4.79 Å². The highest BCUT2D eigenvalue weighted by Crippen LogP contribution is 2.17. The van der Waals surface area contributed by atoms with Crippen molar-refractivity contribution < 1.29 is 4.42 Å². The molecule has 4 heteroatoms. The van der Waals surface area contributed by atoms with Crippen LogP contribution in [-0.2, 0) is 0 Å². The van der Waals surface area contributed by atoms with Crippen LogP contribution in [0.5, 0.6) is 0 Å². The van der Waals surface area contributed by atoms with Crippen LogP contribution in [0.15, 0.2) is 63.8 Å². The Morgan fingerprint density at radius 1 is 0.850 bits per heavy atom. The smallest absolute Gasteiger partial charge is 0.366 e. The number of hydrogen-bond acceptors (Lipinski definition) is 4. The standard InChI is InChI=1S/C16H12N2O2/c1-11-7-9-13(10-8-11)15-18-17-14(16(19)20-15)12-5-3-2-4-6-12/h2-10H,1H3. The van der Waals surface area contributed by atoms with Gasteiger partial charge in [0.1, 0.15) is 0 Å². The number of aryl methyl sites for hydroxylation is 1. The van der Waals surface area contributed by atoms with Crippen molar-refractivity contribution in [1.82, 2.24) is 10.2 Å². The van der Waals surface area contributed by atoms with E-state index in [0.29, 0.717) is 5.56 Å². The van der Waals surface area contributed by atoms with Crippen molar-refractivity contribution in [1.29, 1.82) is 0 Å². The molecule has 0 amide bonds. The normalized spacial score (nSPS) is 10.4. The molecule has 3 aromatic rings. The van der Waals surface area contributed by atoms with Gasteiger partial charge in [-0.1, -0.05) is 48.0 Å². The SMILES string of the molecule is Cc1ccc(-c2nnc(-c3ccccc3)c(=O)o2)cc1. The number of aromatic nitrogens is 2. The lowest BCUT2D eigenvalue weighted by atomic mass is 10.1. The molecule has 0 spiro atoms. The van der Waals surface area contributed by atoms with Crippen molar-refractivity contribution in [2.75, 3.05) is 0 Å². The number of rotatable bonds is 2. The van der Waals surface area contributed by atoms with E-state index in [4.69, 9.17) is 4.42 Å². The number of nitrogens with zero attached hydrogens (tertiary/aromatic N) is 2. The van der Waals surface area contributed by atoms with Crippen LogP contribution in [0, 0.1) is 6.92 Å². The predicted molar refractivity (Wildman–Crippen MR) is 76.2 cm³/mol. The molecule has 0 saturated carbocycles. The average Bonchev–Trinajstić information content (AvgIpc) is 2.49. The highest BCUT2D eigenvalue weighted by molar-refractivity contribution is 5.58. The zero-order valence-corrected chi connectivity index (χ0v) is 10.9. The second kappa shape index (κ2) is 5.09. The first-order valence-electron chi connectivity index (χ1n) is 6.24. The van der Waals surface area contributed by atoms with Gasteiger partial charge in [0.25, 0.3) is 0 Å². The highest BCUT2D eigenvalue weighted by Gasteiger charge is 2.10. The molecule has 0 saturated heterocycles. The molecule has 1 heterocycles. The van der Waals surface area contributed by atoms with Gasteiger partial charge >= 0.3 is 5.63 Å². The summed E-state index contributed by atoms with van der Waals surface area (Å²) in [5.74, 6) is 0.231. The van der Waals surface area contributed by atoms with Crippen LogP contribution in [0.25, 0.3) is 22.7 Å². The molecule has 0 aliphatic rings. The molecular weight excluding hydrogens is 252 g/mol.